The van der Waals surface area contributed by atoms with E-state index in [1.54, 1.807) is 34.9 Å². The van der Waals surface area contributed by atoms with E-state index in [1.807, 2.05) is 0 Å². The van der Waals surface area contributed by atoms with Crippen molar-refractivity contribution in [2.24, 2.45) is 5.92 Å². The van der Waals surface area contributed by atoms with Gasteiger partial charge >= 0.3 is 5.97 Å². The number of ketones is 1. The lowest BCUT2D eigenvalue weighted by molar-refractivity contribution is -0.151. The molecule has 0 saturated carbocycles. The number of fused-ring (bicyclic) bond motifs is 1. The molecule has 0 N–H and O–H groups in total. The van der Waals surface area contributed by atoms with Gasteiger partial charge in [0.15, 0.2) is 12.4 Å². The molecule has 1 aromatic rings. The molecule has 1 aromatic carbocycles. The molecule has 2 amide bonds. The van der Waals surface area contributed by atoms with Gasteiger partial charge in [-0.05, 0) is 51.3 Å². The molecule has 1 saturated heterocycles. The van der Waals surface area contributed by atoms with E-state index < -0.39 is 0 Å². The van der Waals surface area contributed by atoms with Gasteiger partial charge in [0.2, 0.25) is 5.91 Å². The van der Waals surface area contributed by atoms with Gasteiger partial charge in [-0.1, -0.05) is 0 Å². The Balaban J connectivity index is 1.52. The number of carbonyl (C=O) groups excluding carboxylic acids is 4. The zero-order valence-corrected chi connectivity index (χ0v) is 17.5. The first kappa shape index (κ1) is 21.8. The highest BCUT2D eigenvalue weighted by atomic mass is 16.5. The van der Waals surface area contributed by atoms with Crippen molar-refractivity contribution in [2.45, 2.75) is 39.5 Å². The maximum absolute atomic E-state index is 12.5. The average Bonchev–Trinajstić information content (AvgIpc) is 2.75. The maximum atomic E-state index is 12.5. The van der Waals surface area contributed by atoms with Crippen molar-refractivity contribution in [1.29, 1.82) is 0 Å². The van der Waals surface area contributed by atoms with Gasteiger partial charge in [-0.15, -0.1) is 0 Å². The van der Waals surface area contributed by atoms with Crippen LogP contribution in [0.5, 0.6) is 5.75 Å². The molecule has 1 fully saturated rings. The number of esters is 1. The van der Waals surface area contributed by atoms with Crippen molar-refractivity contribution >= 4 is 29.3 Å². The van der Waals surface area contributed by atoms with Crippen molar-refractivity contribution in [3.8, 4) is 5.75 Å². The summed E-state index contributed by atoms with van der Waals surface area (Å²) in [7, 11) is 0. The molecule has 3 rings (SSSR count). The van der Waals surface area contributed by atoms with Crippen LogP contribution in [-0.4, -0.2) is 61.3 Å². The Bertz CT molecular complexity index is 829. The molecule has 2 aliphatic heterocycles. The predicted octanol–water partition coefficient (Wildman–Crippen LogP) is 2.20. The normalized spacial score (nSPS) is 16.7. The average molecular weight is 416 g/mol. The minimum Gasteiger partial charge on any atom is -0.482 e. The predicted molar refractivity (Wildman–Crippen MR) is 109 cm³/mol. The molecule has 0 aromatic heterocycles. The second-order valence-corrected chi connectivity index (χ2v) is 7.58. The van der Waals surface area contributed by atoms with Crippen molar-refractivity contribution < 1.29 is 28.7 Å². The highest BCUT2D eigenvalue weighted by molar-refractivity contribution is 6.01. The fourth-order valence-electron chi connectivity index (χ4n) is 3.84. The second kappa shape index (κ2) is 9.73. The molecule has 0 aliphatic carbocycles. The number of benzene rings is 1. The number of piperidine rings is 1. The van der Waals surface area contributed by atoms with Crippen LogP contribution in [0.2, 0.25) is 0 Å². The topological polar surface area (TPSA) is 93.2 Å². The summed E-state index contributed by atoms with van der Waals surface area (Å²) in [5.41, 5.74) is 1.08. The molecule has 8 heteroatoms. The van der Waals surface area contributed by atoms with Crippen LogP contribution < -0.4 is 9.64 Å². The summed E-state index contributed by atoms with van der Waals surface area (Å²) in [6.45, 7) is 5.04. The number of Topliss-reactive ketones (excluding diaryl/α,β-unsaturated/α-hetero) is 1. The SMILES string of the molecule is CCOC(=O)C1CCN(C(=O)CCCN2C(=O)COc3ccc(C(C)=O)cc32)CC1. The van der Waals surface area contributed by atoms with Gasteiger partial charge in [0.25, 0.3) is 5.91 Å². The Kier molecular flexibility index (Phi) is 7.07. The number of carbonyl (C=O) groups is 4. The van der Waals surface area contributed by atoms with Gasteiger partial charge in [0.1, 0.15) is 5.75 Å². The molecule has 0 spiro atoms. The summed E-state index contributed by atoms with van der Waals surface area (Å²) in [5, 5.41) is 0. The van der Waals surface area contributed by atoms with Gasteiger partial charge in [-0.25, -0.2) is 0 Å². The summed E-state index contributed by atoms with van der Waals surface area (Å²) in [4.78, 5) is 51.8. The van der Waals surface area contributed by atoms with E-state index in [1.165, 1.54) is 6.92 Å². The largest absolute Gasteiger partial charge is 0.482 e. The number of hydrogen-bond acceptors (Lipinski definition) is 6. The smallest absolute Gasteiger partial charge is 0.309 e. The van der Waals surface area contributed by atoms with Gasteiger partial charge in [-0.3, -0.25) is 19.2 Å². The van der Waals surface area contributed by atoms with E-state index in [0.29, 0.717) is 68.9 Å². The van der Waals surface area contributed by atoms with Crippen LogP contribution in [0, 0.1) is 5.92 Å². The van der Waals surface area contributed by atoms with Gasteiger partial charge in [-0.2, -0.15) is 0 Å². The first-order chi connectivity index (χ1) is 14.4. The first-order valence-corrected chi connectivity index (χ1v) is 10.4. The molecule has 8 nitrogen and oxygen atoms in total. The third-order valence-electron chi connectivity index (χ3n) is 5.55. The van der Waals surface area contributed by atoms with Crippen molar-refractivity contribution in [3.63, 3.8) is 0 Å². The number of anilines is 1. The van der Waals surface area contributed by atoms with Gasteiger partial charge < -0.3 is 19.3 Å². The van der Waals surface area contributed by atoms with Gasteiger partial charge in [0, 0.05) is 31.6 Å². The Morgan fingerprint density at radius 2 is 1.93 bits per heavy atom. The number of rotatable bonds is 7. The minimum absolute atomic E-state index is 0.0238. The van der Waals surface area contributed by atoms with E-state index in [-0.39, 0.29) is 36.1 Å². The molecular weight excluding hydrogens is 388 g/mol. The molecule has 162 valence electrons. The molecule has 0 radical (unpaired) electrons. The lowest BCUT2D eigenvalue weighted by Gasteiger charge is -2.32. The Morgan fingerprint density at radius 1 is 1.20 bits per heavy atom. The van der Waals surface area contributed by atoms with E-state index >= 15 is 0 Å². The number of nitrogens with zero attached hydrogens (tertiary/aromatic N) is 2. The highest BCUT2D eigenvalue weighted by Crippen LogP contribution is 2.33. The third kappa shape index (κ3) is 4.98. The Morgan fingerprint density at radius 3 is 2.60 bits per heavy atom. The lowest BCUT2D eigenvalue weighted by atomic mass is 9.96. The standard InChI is InChI=1S/C22H28N2O6/c1-3-29-22(28)16-8-11-23(12-9-16)20(26)5-4-10-24-18-13-17(15(2)25)6-7-19(18)30-14-21(24)27/h6-7,13,16H,3-5,8-12,14H2,1-2H3. The Hall–Kier alpha value is -2.90. The lowest BCUT2D eigenvalue weighted by Crippen LogP contribution is -2.42. The van der Waals surface area contributed by atoms with E-state index in [2.05, 4.69) is 0 Å². The summed E-state index contributed by atoms with van der Waals surface area (Å²) >= 11 is 0. The number of likely N-dealkylation sites (tertiary alicyclic amines) is 1. The summed E-state index contributed by atoms with van der Waals surface area (Å²) in [6.07, 6.45) is 2.06. The number of amides is 2. The van der Waals surface area contributed by atoms with Crippen molar-refractivity contribution in [2.75, 3.05) is 37.7 Å². The van der Waals surface area contributed by atoms with Crippen molar-refractivity contribution in [3.05, 3.63) is 23.8 Å². The fraction of sp³-hybridized carbons (Fsp3) is 0.545. The zero-order chi connectivity index (χ0) is 21.7. The molecule has 0 unspecified atom stereocenters. The molecule has 0 bridgehead atoms. The van der Waals surface area contributed by atoms with Crippen LogP contribution in [0.1, 0.15) is 49.9 Å². The molecule has 2 aliphatic rings. The van der Waals surface area contributed by atoms with E-state index in [0.717, 1.165) is 0 Å². The molecule has 0 atom stereocenters. The number of ether oxygens (including phenoxy) is 2. The van der Waals surface area contributed by atoms with Crippen LogP contribution in [0.3, 0.4) is 0 Å². The number of hydrogen-bond donors (Lipinski definition) is 0. The van der Waals surface area contributed by atoms with Crippen LogP contribution in [0.15, 0.2) is 18.2 Å². The summed E-state index contributed by atoms with van der Waals surface area (Å²) in [5.74, 6) is -0.00302. The molecular formula is C22H28N2O6. The monoisotopic (exact) mass is 416 g/mol. The highest BCUT2D eigenvalue weighted by Gasteiger charge is 2.29. The molecule has 30 heavy (non-hydrogen) atoms. The first-order valence-electron chi connectivity index (χ1n) is 10.4. The summed E-state index contributed by atoms with van der Waals surface area (Å²) < 4.78 is 10.5. The van der Waals surface area contributed by atoms with Crippen LogP contribution in [0.25, 0.3) is 0 Å². The third-order valence-corrected chi connectivity index (χ3v) is 5.55. The zero-order valence-electron chi connectivity index (χ0n) is 17.5. The summed E-state index contributed by atoms with van der Waals surface area (Å²) in [6, 6.07) is 5.04. The van der Waals surface area contributed by atoms with Crippen LogP contribution >= 0.6 is 0 Å². The van der Waals surface area contributed by atoms with E-state index in [4.69, 9.17) is 9.47 Å². The van der Waals surface area contributed by atoms with E-state index in [9.17, 15) is 19.2 Å². The second-order valence-electron chi connectivity index (χ2n) is 7.58. The Labute approximate surface area is 176 Å². The fourth-order valence-corrected chi connectivity index (χ4v) is 3.84. The van der Waals surface area contributed by atoms with Gasteiger partial charge in [0.05, 0.1) is 18.2 Å². The van der Waals surface area contributed by atoms with Crippen molar-refractivity contribution in [1.82, 2.24) is 4.90 Å². The van der Waals surface area contributed by atoms with Crippen LogP contribution in [-0.2, 0) is 19.1 Å². The van der Waals surface area contributed by atoms with Crippen LogP contribution in [0.4, 0.5) is 5.69 Å². The molecule has 2 heterocycles. The maximum Gasteiger partial charge on any atom is 0.309 e. The minimum atomic E-state index is -0.189. The quantitative estimate of drug-likeness (QED) is 0.500.